The molecule has 0 fully saturated rings. The average molecular weight is 395 g/mol. The molecule has 0 atom stereocenters. The minimum Gasteiger partial charge on any atom is -0.481 e. The van der Waals surface area contributed by atoms with Crippen LogP contribution in [0, 0.1) is 0 Å². The van der Waals surface area contributed by atoms with Gasteiger partial charge in [0, 0.05) is 24.5 Å². The number of imidazole rings is 1. The molecule has 0 aliphatic rings. The second-order valence-electron chi connectivity index (χ2n) is 6.39. The smallest absolute Gasteiger partial charge is 0.257 e. The number of carbonyl (C=O) groups is 1. The summed E-state index contributed by atoms with van der Waals surface area (Å²) >= 11 is 6.17. The van der Waals surface area contributed by atoms with Gasteiger partial charge in [-0.15, -0.1) is 0 Å². The van der Waals surface area contributed by atoms with Crippen LogP contribution in [0.4, 0.5) is 0 Å². The zero-order chi connectivity index (χ0) is 19.3. The van der Waals surface area contributed by atoms with Crippen molar-refractivity contribution in [3.05, 3.63) is 65.6 Å². The molecule has 28 heavy (non-hydrogen) atoms. The number of ether oxygens (including phenoxy) is 1. The first-order valence-electron chi connectivity index (χ1n) is 9.07. The number of hydrogen-bond donors (Lipinski definition) is 2. The van der Waals surface area contributed by atoms with Crippen molar-refractivity contribution >= 4 is 39.4 Å². The number of aromatic amines is 1. The Morgan fingerprint density at radius 2 is 2.04 bits per heavy atom. The molecule has 0 aliphatic heterocycles. The number of carbonyl (C=O) groups excluding carboxylic acids is 1. The van der Waals surface area contributed by atoms with Crippen molar-refractivity contribution in [1.82, 2.24) is 20.3 Å². The molecule has 6 nitrogen and oxygen atoms in total. The minimum absolute atomic E-state index is 0.0715. The molecule has 4 aromatic rings. The number of pyridine rings is 1. The van der Waals surface area contributed by atoms with Crippen LogP contribution in [-0.4, -0.2) is 34.0 Å². The standard InChI is InChI=1S/C21H19ClN4O2/c22-15-9-10-18(21-14(15)5-3-12-24-21)28-13-20(27)23-11-4-8-19-25-16-6-1-2-7-17(16)26-19/h1-3,5-7,9-10,12H,4,8,11,13H2,(H,23,27)(H,25,26). The second-order valence-corrected chi connectivity index (χ2v) is 6.80. The number of benzene rings is 2. The summed E-state index contributed by atoms with van der Waals surface area (Å²) in [6.07, 6.45) is 3.22. The topological polar surface area (TPSA) is 79.9 Å². The van der Waals surface area contributed by atoms with Crippen molar-refractivity contribution in [2.45, 2.75) is 12.8 Å². The lowest BCUT2D eigenvalue weighted by Crippen LogP contribution is -2.30. The van der Waals surface area contributed by atoms with Crippen molar-refractivity contribution in [2.24, 2.45) is 0 Å². The maximum atomic E-state index is 12.1. The van der Waals surface area contributed by atoms with Crippen LogP contribution in [-0.2, 0) is 11.2 Å². The van der Waals surface area contributed by atoms with Gasteiger partial charge in [0.25, 0.3) is 5.91 Å². The van der Waals surface area contributed by atoms with Gasteiger partial charge in [-0.1, -0.05) is 23.7 Å². The molecule has 142 valence electrons. The van der Waals surface area contributed by atoms with Gasteiger partial charge >= 0.3 is 0 Å². The third-order valence-electron chi connectivity index (χ3n) is 4.39. The van der Waals surface area contributed by atoms with Crippen LogP contribution in [0.1, 0.15) is 12.2 Å². The highest BCUT2D eigenvalue weighted by molar-refractivity contribution is 6.35. The van der Waals surface area contributed by atoms with Crippen LogP contribution in [0.5, 0.6) is 5.75 Å². The lowest BCUT2D eigenvalue weighted by Gasteiger charge is -2.10. The summed E-state index contributed by atoms with van der Waals surface area (Å²) in [4.78, 5) is 24.2. The maximum absolute atomic E-state index is 12.1. The van der Waals surface area contributed by atoms with Gasteiger partial charge in [-0.3, -0.25) is 9.78 Å². The molecular weight excluding hydrogens is 376 g/mol. The molecule has 0 saturated carbocycles. The summed E-state index contributed by atoms with van der Waals surface area (Å²) in [6, 6.07) is 15.1. The normalized spacial score (nSPS) is 11.0. The number of H-pyrrole nitrogens is 1. The third-order valence-corrected chi connectivity index (χ3v) is 4.72. The number of para-hydroxylation sites is 2. The zero-order valence-electron chi connectivity index (χ0n) is 15.1. The van der Waals surface area contributed by atoms with E-state index in [1.807, 2.05) is 36.4 Å². The Hall–Kier alpha value is -3.12. The van der Waals surface area contributed by atoms with Crippen molar-refractivity contribution in [1.29, 1.82) is 0 Å². The predicted molar refractivity (Wildman–Crippen MR) is 110 cm³/mol. The van der Waals surface area contributed by atoms with Crippen LogP contribution >= 0.6 is 11.6 Å². The lowest BCUT2D eigenvalue weighted by molar-refractivity contribution is -0.123. The number of fused-ring (bicyclic) bond motifs is 2. The lowest BCUT2D eigenvalue weighted by atomic mass is 10.2. The Balaban J connectivity index is 1.25. The molecule has 2 N–H and O–H groups in total. The summed E-state index contributed by atoms with van der Waals surface area (Å²) in [5.41, 5.74) is 2.63. The summed E-state index contributed by atoms with van der Waals surface area (Å²) in [5, 5.41) is 4.27. The van der Waals surface area contributed by atoms with Crippen LogP contribution in [0.25, 0.3) is 21.9 Å². The van der Waals surface area contributed by atoms with Gasteiger partial charge in [0.05, 0.1) is 16.1 Å². The Morgan fingerprint density at radius 3 is 2.93 bits per heavy atom. The molecule has 0 aliphatic carbocycles. The van der Waals surface area contributed by atoms with Crippen molar-refractivity contribution in [3.63, 3.8) is 0 Å². The molecule has 0 saturated heterocycles. The predicted octanol–water partition coefficient (Wildman–Crippen LogP) is 3.89. The number of rotatable bonds is 7. The van der Waals surface area contributed by atoms with E-state index >= 15 is 0 Å². The number of halogens is 1. The number of hydrogen-bond acceptors (Lipinski definition) is 4. The van der Waals surface area contributed by atoms with E-state index in [1.165, 1.54) is 0 Å². The highest BCUT2D eigenvalue weighted by Crippen LogP contribution is 2.29. The molecule has 2 aromatic carbocycles. The molecule has 0 bridgehead atoms. The summed E-state index contributed by atoms with van der Waals surface area (Å²) in [7, 11) is 0. The molecular formula is C21H19ClN4O2. The molecule has 2 aromatic heterocycles. The third kappa shape index (κ3) is 4.07. The summed E-state index contributed by atoms with van der Waals surface area (Å²) in [5.74, 6) is 1.28. The van der Waals surface area contributed by atoms with Crippen molar-refractivity contribution in [3.8, 4) is 5.75 Å². The number of nitrogens with one attached hydrogen (secondary N) is 2. The Kier molecular flexibility index (Phi) is 5.39. The first-order valence-corrected chi connectivity index (χ1v) is 9.45. The highest BCUT2D eigenvalue weighted by Gasteiger charge is 2.09. The van der Waals surface area contributed by atoms with Gasteiger partial charge in [-0.05, 0) is 42.8 Å². The maximum Gasteiger partial charge on any atom is 0.257 e. The van der Waals surface area contributed by atoms with Gasteiger partial charge in [0.1, 0.15) is 17.1 Å². The minimum atomic E-state index is -0.177. The molecule has 7 heteroatoms. The van der Waals surface area contributed by atoms with E-state index in [1.54, 1.807) is 18.3 Å². The highest BCUT2D eigenvalue weighted by atomic mass is 35.5. The van der Waals surface area contributed by atoms with Gasteiger partial charge in [-0.25, -0.2) is 4.98 Å². The van der Waals surface area contributed by atoms with Gasteiger partial charge < -0.3 is 15.0 Å². The quantitative estimate of drug-likeness (QED) is 0.466. The van der Waals surface area contributed by atoms with E-state index in [4.69, 9.17) is 16.3 Å². The zero-order valence-corrected chi connectivity index (χ0v) is 15.9. The van der Waals surface area contributed by atoms with Gasteiger partial charge in [0.2, 0.25) is 0 Å². The monoisotopic (exact) mass is 394 g/mol. The molecule has 0 spiro atoms. The summed E-state index contributed by atoms with van der Waals surface area (Å²) < 4.78 is 5.64. The van der Waals surface area contributed by atoms with E-state index in [2.05, 4.69) is 20.3 Å². The fourth-order valence-electron chi connectivity index (χ4n) is 3.03. The van der Waals surface area contributed by atoms with E-state index in [0.29, 0.717) is 22.8 Å². The number of aromatic nitrogens is 3. The Morgan fingerprint density at radius 1 is 1.14 bits per heavy atom. The molecule has 4 rings (SSSR count). The molecule has 2 heterocycles. The van der Waals surface area contributed by atoms with E-state index < -0.39 is 0 Å². The van der Waals surface area contributed by atoms with E-state index in [0.717, 1.165) is 35.1 Å². The molecule has 0 radical (unpaired) electrons. The van der Waals surface area contributed by atoms with Gasteiger partial charge in [0.15, 0.2) is 6.61 Å². The van der Waals surface area contributed by atoms with Crippen molar-refractivity contribution < 1.29 is 9.53 Å². The van der Waals surface area contributed by atoms with Crippen molar-refractivity contribution in [2.75, 3.05) is 13.2 Å². The van der Waals surface area contributed by atoms with E-state index in [9.17, 15) is 4.79 Å². The largest absolute Gasteiger partial charge is 0.481 e. The molecule has 0 unspecified atom stereocenters. The van der Waals surface area contributed by atoms with Crippen LogP contribution < -0.4 is 10.1 Å². The van der Waals surface area contributed by atoms with Crippen LogP contribution in [0.15, 0.2) is 54.7 Å². The van der Waals surface area contributed by atoms with E-state index in [-0.39, 0.29) is 12.5 Å². The molecule has 1 amide bonds. The fraction of sp³-hybridized carbons (Fsp3) is 0.190. The van der Waals surface area contributed by atoms with Crippen LogP contribution in [0.2, 0.25) is 5.02 Å². The summed E-state index contributed by atoms with van der Waals surface area (Å²) in [6.45, 7) is 0.483. The number of aryl methyl sites for hydroxylation is 1. The number of nitrogens with zero attached hydrogens (tertiary/aromatic N) is 2. The fourth-order valence-corrected chi connectivity index (χ4v) is 3.25. The first kappa shape index (κ1) is 18.3. The number of amides is 1. The first-order chi connectivity index (χ1) is 13.7. The van der Waals surface area contributed by atoms with Crippen LogP contribution in [0.3, 0.4) is 0 Å². The Labute approximate surface area is 166 Å². The van der Waals surface area contributed by atoms with Gasteiger partial charge in [-0.2, -0.15) is 0 Å². The Bertz CT molecular complexity index is 1090. The average Bonchev–Trinajstić information content (AvgIpc) is 3.14. The SMILES string of the molecule is O=C(COc1ccc(Cl)c2cccnc12)NCCCc1nc2ccccc2[nH]1. The second kappa shape index (κ2) is 8.27.